The summed E-state index contributed by atoms with van der Waals surface area (Å²) < 4.78 is 1.52. The Morgan fingerprint density at radius 2 is 2.15 bits per heavy atom. The quantitative estimate of drug-likeness (QED) is 0.448. The van der Waals surface area contributed by atoms with E-state index in [-0.39, 0.29) is 30.4 Å². The van der Waals surface area contributed by atoms with Crippen molar-refractivity contribution in [3.63, 3.8) is 0 Å². The number of amides is 1. The predicted octanol–water partition coefficient (Wildman–Crippen LogP) is 1.57. The molecule has 8 nitrogen and oxygen atoms in total. The lowest BCUT2D eigenvalue weighted by Gasteiger charge is -2.11. The van der Waals surface area contributed by atoms with Crippen molar-refractivity contribution in [3.8, 4) is 0 Å². The molecule has 8 heteroatoms. The first-order chi connectivity index (χ1) is 9.32. The highest BCUT2D eigenvalue weighted by Crippen LogP contribution is 2.20. The molecule has 0 unspecified atom stereocenters. The maximum Gasteiger partial charge on any atom is 0.303 e. The van der Waals surface area contributed by atoms with Crippen LogP contribution >= 0.6 is 0 Å². The first-order valence-electron chi connectivity index (χ1n) is 6.19. The maximum absolute atomic E-state index is 11.9. The molecule has 0 aliphatic carbocycles. The molecule has 0 fully saturated rings. The Bertz CT molecular complexity index is 521. The van der Waals surface area contributed by atoms with Crippen LogP contribution in [0.5, 0.6) is 0 Å². The summed E-state index contributed by atoms with van der Waals surface area (Å²) in [5, 5.41) is 21.8. The van der Waals surface area contributed by atoms with Gasteiger partial charge in [-0.2, -0.15) is 0 Å². The van der Waals surface area contributed by atoms with Gasteiger partial charge >= 0.3 is 5.97 Å². The molecule has 0 bridgehead atoms. The van der Waals surface area contributed by atoms with Gasteiger partial charge in [0.1, 0.15) is 5.69 Å². The van der Waals surface area contributed by atoms with Crippen molar-refractivity contribution in [1.29, 1.82) is 0 Å². The Morgan fingerprint density at radius 3 is 2.65 bits per heavy atom. The zero-order valence-electron chi connectivity index (χ0n) is 11.3. The molecule has 0 spiro atoms. The molecule has 110 valence electrons. The van der Waals surface area contributed by atoms with Gasteiger partial charge in [0.05, 0.1) is 11.1 Å². The molecule has 1 aromatic heterocycles. The molecule has 0 saturated carbocycles. The number of carbonyl (C=O) groups excluding carboxylic acids is 1. The molecule has 0 atom stereocenters. The molecular formula is C12H17N3O5. The topological polar surface area (TPSA) is 114 Å². The number of carbonyl (C=O) groups is 2. The Hall–Kier alpha value is -2.38. The van der Waals surface area contributed by atoms with E-state index < -0.39 is 16.8 Å². The highest BCUT2D eigenvalue weighted by molar-refractivity contribution is 5.93. The van der Waals surface area contributed by atoms with Gasteiger partial charge in [0, 0.05) is 25.1 Å². The molecule has 0 radical (unpaired) electrons. The van der Waals surface area contributed by atoms with Crippen molar-refractivity contribution in [3.05, 3.63) is 28.1 Å². The van der Waals surface area contributed by atoms with Crippen LogP contribution in [0, 0.1) is 10.1 Å². The number of nitrogens with one attached hydrogen (secondary N) is 1. The van der Waals surface area contributed by atoms with Gasteiger partial charge in [-0.05, 0) is 20.3 Å². The molecule has 1 heterocycles. The van der Waals surface area contributed by atoms with Crippen LogP contribution in [0.2, 0.25) is 0 Å². The Morgan fingerprint density at radius 1 is 1.50 bits per heavy atom. The van der Waals surface area contributed by atoms with Crippen LogP contribution < -0.4 is 5.32 Å². The minimum absolute atomic E-state index is 0.0361. The number of rotatable bonds is 7. The molecule has 20 heavy (non-hydrogen) atoms. The molecule has 0 aliphatic heterocycles. The molecule has 1 amide bonds. The third-order valence-electron chi connectivity index (χ3n) is 2.69. The van der Waals surface area contributed by atoms with Gasteiger partial charge in [-0.1, -0.05) is 0 Å². The van der Waals surface area contributed by atoms with E-state index in [2.05, 4.69) is 5.32 Å². The smallest absolute Gasteiger partial charge is 0.303 e. The van der Waals surface area contributed by atoms with Crippen LogP contribution in [0.3, 0.4) is 0 Å². The van der Waals surface area contributed by atoms with Crippen molar-refractivity contribution in [1.82, 2.24) is 9.88 Å². The standard InChI is InChI=1S/C12H17N3O5/c1-8(2)14-7-9(15(19)20)6-10(14)12(18)13-5-3-4-11(16)17/h6-8H,3-5H2,1-2H3,(H,13,18)(H,16,17). The zero-order valence-corrected chi connectivity index (χ0v) is 11.3. The predicted molar refractivity (Wildman–Crippen MR) is 70.7 cm³/mol. The van der Waals surface area contributed by atoms with Gasteiger partial charge in [-0.15, -0.1) is 0 Å². The monoisotopic (exact) mass is 283 g/mol. The maximum atomic E-state index is 11.9. The summed E-state index contributed by atoms with van der Waals surface area (Å²) in [4.78, 5) is 32.5. The molecule has 2 N–H and O–H groups in total. The van der Waals surface area contributed by atoms with Crippen molar-refractivity contribution in [2.45, 2.75) is 32.7 Å². The van der Waals surface area contributed by atoms with Gasteiger partial charge in [0.2, 0.25) is 0 Å². The molecule has 1 rings (SSSR count). The normalized spacial score (nSPS) is 10.6. The van der Waals surface area contributed by atoms with E-state index in [0.717, 1.165) is 0 Å². The summed E-state index contributed by atoms with van der Waals surface area (Å²) in [6, 6.07) is 1.12. The first kappa shape index (κ1) is 15.7. The highest BCUT2D eigenvalue weighted by atomic mass is 16.6. The van der Waals surface area contributed by atoms with Crippen LogP contribution in [-0.2, 0) is 4.79 Å². The number of hydrogen-bond donors (Lipinski definition) is 2. The largest absolute Gasteiger partial charge is 0.481 e. The summed E-state index contributed by atoms with van der Waals surface area (Å²) in [7, 11) is 0. The Labute approximate surface area is 115 Å². The van der Waals surface area contributed by atoms with Gasteiger partial charge in [0.25, 0.3) is 11.6 Å². The van der Waals surface area contributed by atoms with Crippen LogP contribution in [-0.4, -0.2) is 33.0 Å². The van der Waals surface area contributed by atoms with E-state index in [1.165, 1.54) is 16.8 Å². The first-order valence-corrected chi connectivity index (χ1v) is 6.19. The Kier molecular flexibility index (Phi) is 5.24. The number of carboxylic acid groups (broad SMARTS) is 1. The van der Waals surface area contributed by atoms with Gasteiger partial charge < -0.3 is 15.0 Å². The fraction of sp³-hybridized carbons (Fsp3) is 0.500. The minimum atomic E-state index is -0.930. The number of carboxylic acids is 1. The lowest BCUT2D eigenvalue weighted by Crippen LogP contribution is -2.27. The second kappa shape index (κ2) is 6.69. The number of aliphatic carboxylic acids is 1. The van der Waals surface area contributed by atoms with Crippen molar-refractivity contribution in [2.75, 3.05) is 6.54 Å². The Balaban J connectivity index is 2.76. The summed E-state index contributed by atoms with van der Waals surface area (Å²) in [6.45, 7) is 3.83. The van der Waals surface area contributed by atoms with Gasteiger partial charge in [-0.3, -0.25) is 19.7 Å². The third kappa shape index (κ3) is 4.08. The lowest BCUT2D eigenvalue weighted by atomic mass is 10.3. The average molecular weight is 283 g/mol. The van der Waals surface area contributed by atoms with E-state index in [9.17, 15) is 19.7 Å². The molecule has 0 aromatic carbocycles. The van der Waals surface area contributed by atoms with Crippen molar-refractivity contribution in [2.24, 2.45) is 0 Å². The number of aromatic nitrogens is 1. The van der Waals surface area contributed by atoms with E-state index in [0.29, 0.717) is 6.42 Å². The summed E-state index contributed by atoms with van der Waals surface area (Å²) in [5.41, 5.74) is 0.0522. The minimum Gasteiger partial charge on any atom is -0.481 e. The SMILES string of the molecule is CC(C)n1cc([N+](=O)[O-])cc1C(=O)NCCCC(=O)O. The average Bonchev–Trinajstić information content (AvgIpc) is 2.79. The van der Waals surface area contributed by atoms with E-state index in [1.54, 1.807) is 0 Å². The second-order valence-corrected chi connectivity index (χ2v) is 4.59. The zero-order chi connectivity index (χ0) is 15.3. The van der Waals surface area contributed by atoms with Gasteiger partial charge in [-0.25, -0.2) is 0 Å². The molecule has 0 saturated heterocycles. The van der Waals surface area contributed by atoms with Gasteiger partial charge in [0.15, 0.2) is 0 Å². The van der Waals surface area contributed by atoms with Crippen LogP contribution in [0.15, 0.2) is 12.3 Å². The summed E-state index contributed by atoms with van der Waals surface area (Å²) in [6.07, 6.45) is 1.59. The molecule has 0 aliphatic rings. The van der Waals surface area contributed by atoms with Crippen LogP contribution in [0.4, 0.5) is 5.69 Å². The highest BCUT2D eigenvalue weighted by Gasteiger charge is 2.20. The van der Waals surface area contributed by atoms with Crippen LogP contribution in [0.1, 0.15) is 43.2 Å². The van der Waals surface area contributed by atoms with E-state index in [4.69, 9.17) is 5.11 Å². The fourth-order valence-corrected chi connectivity index (χ4v) is 1.71. The third-order valence-corrected chi connectivity index (χ3v) is 2.69. The van der Waals surface area contributed by atoms with Crippen molar-refractivity contribution < 1.29 is 19.6 Å². The molecule has 1 aromatic rings. The number of nitrogens with zero attached hydrogens (tertiary/aromatic N) is 2. The summed E-state index contributed by atoms with van der Waals surface area (Å²) >= 11 is 0. The number of hydrogen-bond acceptors (Lipinski definition) is 4. The van der Waals surface area contributed by atoms with Crippen molar-refractivity contribution >= 4 is 17.6 Å². The molecular weight excluding hydrogens is 266 g/mol. The van der Waals surface area contributed by atoms with E-state index in [1.807, 2.05) is 13.8 Å². The lowest BCUT2D eigenvalue weighted by molar-refractivity contribution is -0.384. The van der Waals surface area contributed by atoms with Crippen LogP contribution in [0.25, 0.3) is 0 Å². The summed E-state index contributed by atoms with van der Waals surface area (Å²) in [5.74, 6) is -1.38. The number of nitro groups is 1. The fourth-order valence-electron chi connectivity index (χ4n) is 1.71. The van der Waals surface area contributed by atoms with E-state index >= 15 is 0 Å². The second-order valence-electron chi connectivity index (χ2n) is 4.59.